The number of amides is 1. The van der Waals surface area contributed by atoms with E-state index in [2.05, 4.69) is 13.0 Å². The average Bonchev–Trinajstić information content (AvgIpc) is 3.36. The van der Waals surface area contributed by atoms with Crippen molar-refractivity contribution in [3.8, 4) is 11.5 Å². The summed E-state index contributed by atoms with van der Waals surface area (Å²) in [6, 6.07) is 13.3. The van der Waals surface area contributed by atoms with Crippen LogP contribution in [0, 0.1) is 0 Å². The van der Waals surface area contributed by atoms with Crippen LogP contribution >= 0.6 is 0 Å². The van der Waals surface area contributed by atoms with E-state index in [4.69, 9.17) is 14.2 Å². The Morgan fingerprint density at radius 1 is 0.919 bits per heavy atom. The van der Waals surface area contributed by atoms with Crippen LogP contribution in [0.25, 0.3) is 0 Å². The highest BCUT2D eigenvalue weighted by atomic mass is 16.6. The number of ether oxygens (including phenoxy) is 3. The van der Waals surface area contributed by atoms with Gasteiger partial charge in [-0.2, -0.15) is 0 Å². The number of hydrogen-bond acceptors (Lipinski definition) is 5. The minimum atomic E-state index is -0.969. The molecule has 202 valence electrons. The average molecular weight is 512 g/mol. The van der Waals surface area contributed by atoms with E-state index in [0.717, 1.165) is 37.7 Å². The van der Waals surface area contributed by atoms with Crippen LogP contribution in [0.1, 0.15) is 69.1 Å². The Morgan fingerprint density at radius 2 is 1.65 bits per heavy atom. The first kappa shape index (κ1) is 28.5. The molecule has 37 heavy (non-hydrogen) atoms. The van der Waals surface area contributed by atoms with E-state index < -0.39 is 12.1 Å². The molecule has 0 spiro atoms. The van der Waals surface area contributed by atoms with E-state index in [1.54, 1.807) is 11.8 Å². The molecule has 1 aliphatic carbocycles. The Balaban J connectivity index is 1.53. The molecule has 1 aliphatic rings. The Hall–Kier alpha value is -3.06. The summed E-state index contributed by atoms with van der Waals surface area (Å²) in [5.74, 6) is 0.301. The van der Waals surface area contributed by atoms with Gasteiger partial charge in [0.15, 0.2) is 6.10 Å². The van der Waals surface area contributed by atoms with Gasteiger partial charge in [-0.3, -0.25) is 0 Å². The summed E-state index contributed by atoms with van der Waals surface area (Å²) in [5, 5.41) is 9.28. The van der Waals surface area contributed by atoms with Gasteiger partial charge in [0.05, 0.1) is 6.54 Å². The van der Waals surface area contributed by atoms with Crippen LogP contribution in [0.15, 0.2) is 42.5 Å². The van der Waals surface area contributed by atoms with Gasteiger partial charge in [-0.1, -0.05) is 50.8 Å². The predicted molar refractivity (Wildman–Crippen MR) is 144 cm³/mol. The highest BCUT2D eigenvalue weighted by Gasteiger charge is 2.19. The number of carbonyl (C=O) groups excluding carboxylic acids is 1. The molecule has 1 atom stereocenters. The molecule has 0 heterocycles. The molecule has 0 aliphatic heterocycles. The highest BCUT2D eigenvalue weighted by molar-refractivity contribution is 5.72. The summed E-state index contributed by atoms with van der Waals surface area (Å²) in [5.41, 5.74) is 3.49. The maximum absolute atomic E-state index is 13.0. The standard InChI is InChI=1S/C30H41NO6/c1-3-5-6-7-8-18-31(30(34)37-27-17-14-24-10-9-11-25(24)22-27)19-20-36-26-15-12-23(13-16-26)21-28(29(32)33)35-4-2/h12-17,22,28H,3-11,18-21H2,1-2H3,(H,32,33). The normalized spacial score (nSPS) is 13.1. The molecular weight excluding hydrogens is 470 g/mol. The van der Waals surface area contributed by atoms with E-state index in [0.29, 0.717) is 44.2 Å². The number of carboxylic acids is 1. The van der Waals surface area contributed by atoms with Crippen LogP contribution < -0.4 is 9.47 Å². The number of aliphatic carboxylic acids is 1. The zero-order valence-electron chi connectivity index (χ0n) is 22.2. The van der Waals surface area contributed by atoms with Crippen LogP contribution in [0.5, 0.6) is 11.5 Å². The first-order valence-electron chi connectivity index (χ1n) is 13.6. The SMILES string of the molecule is CCCCCCCN(CCOc1ccc(CC(OCC)C(=O)O)cc1)C(=O)Oc1ccc2c(c1)CCC2. The number of unbranched alkanes of at least 4 members (excludes halogenated alkanes) is 4. The van der Waals surface area contributed by atoms with Gasteiger partial charge < -0.3 is 24.2 Å². The molecule has 1 amide bonds. The van der Waals surface area contributed by atoms with Crippen LogP contribution in [0.4, 0.5) is 4.79 Å². The molecular formula is C30H41NO6. The maximum atomic E-state index is 13.0. The van der Waals surface area contributed by atoms with Crippen molar-refractivity contribution in [3.63, 3.8) is 0 Å². The van der Waals surface area contributed by atoms with Crippen molar-refractivity contribution < 1.29 is 28.9 Å². The molecule has 0 fully saturated rings. The number of aryl methyl sites for hydroxylation is 2. The molecule has 1 N–H and O–H groups in total. The zero-order chi connectivity index (χ0) is 26.5. The molecule has 0 saturated heterocycles. The second-order valence-corrected chi connectivity index (χ2v) is 9.53. The van der Waals surface area contributed by atoms with Crippen LogP contribution in [-0.4, -0.2) is 54.5 Å². The quantitative estimate of drug-likeness (QED) is 0.276. The Labute approximate surface area is 220 Å². The summed E-state index contributed by atoms with van der Waals surface area (Å²) in [6.07, 6.45) is 7.94. The first-order valence-corrected chi connectivity index (χ1v) is 13.6. The lowest BCUT2D eigenvalue weighted by atomic mass is 10.1. The fourth-order valence-electron chi connectivity index (χ4n) is 4.61. The smallest absolute Gasteiger partial charge is 0.415 e. The number of carboxylic acid groups (broad SMARTS) is 1. The molecule has 0 bridgehead atoms. The van der Waals surface area contributed by atoms with Crippen molar-refractivity contribution in [2.45, 2.75) is 77.7 Å². The number of benzene rings is 2. The second-order valence-electron chi connectivity index (χ2n) is 9.53. The minimum Gasteiger partial charge on any atom is -0.492 e. The first-order chi connectivity index (χ1) is 18.0. The summed E-state index contributed by atoms with van der Waals surface area (Å²) in [6.45, 7) is 5.71. The van der Waals surface area contributed by atoms with Gasteiger partial charge in [-0.25, -0.2) is 9.59 Å². The Morgan fingerprint density at radius 3 is 2.38 bits per heavy atom. The molecule has 2 aromatic rings. The molecule has 3 rings (SSSR count). The summed E-state index contributed by atoms with van der Waals surface area (Å²) in [4.78, 5) is 26.1. The topological polar surface area (TPSA) is 85.3 Å². The third-order valence-electron chi connectivity index (χ3n) is 6.68. The molecule has 1 unspecified atom stereocenters. The van der Waals surface area contributed by atoms with Crippen molar-refractivity contribution in [2.75, 3.05) is 26.3 Å². The third-order valence-corrected chi connectivity index (χ3v) is 6.68. The third kappa shape index (κ3) is 9.39. The van der Waals surface area contributed by atoms with Gasteiger partial charge in [0.2, 0.25) is 0 Å². The molecule has 7 heteroatoms. The van der Waals surface area contributed by atoms with Crippen molar-refractivity contribution in [1.29, 1.82) is 0 Å². The van der Waals surface area contributed by atoms with Gasteiger partial charge in [-0.05, 0) is 73.6 Å². The van der Waals surface area contributed by atoms with E-state index in [1.807, 2.05) is 36.4 Å². The predicted octanol–water partition coefficient (Wildman–Crippen LogP) is 6.06. The van der Waals surface area contributed by atoms with Crippen LogP contribution in [-0.2, 0) is 28.8 Å². The molecule has 0 aromatic heterocycles. The lowest BCUT2D eigenvalue weighted by Crippen LogP contribution is -2.37. The molecule has 0 radical (unpaired) electrons. The number of carbonyl (C=O) groups is 2. The lowest BCUT2D eigenvalue weighted by molar-refractivity contribution is -0.149. The zero-order valence-corrected chi connectivity index (χ0v) is 22.2. The monoisotopic (exact) mass is 511 g/mol. The fraction of sp³-hybridized carbons (Fsp3) is 0.533. The lowest BCUT2D eigenvalue weighted by Gasteiger charge is -2.22. The molecule has 0 saturated carbocycles. The summed E-state index contributed by atoms with van der Waals surface area (Å²) >= 11 is 0. The van der Waals surface area contributed by atoms with Gasteiger partial charge in [0.1, 0.15) is 18.1 Å². The second kappa shape index (κ2) is 15.3. The van der Waals surface area contributed by atoms with Crippen LogP contribution in [0.2, 0.25) is 0 Å². The van der Waals surface area contributed by atoms with Crippen molar-refractivity contribution in [1.82, 2.24) is 4.90 Å². The molecule has 7 nitrogen and oxygen atoms in total. The van der Waals surface area contributed by atoms with E-state index >= 15 is 0 Å². The summed E-state index contributed by atoms with van der Waals surface area (Å²) < 4.78 is 16.9. The van der Waals surface area contributed by atoms with Gasteiger partial charge >= 0.3 is 12.1 Å². The number of nitrogens with zero attached hydrogens (tertiary/aromatic N) is 1. The highest BCUT2D eigenvalue weighted by Crippen LogP contribution is 2.26. The molecule has 2 aromatic carbocycles. The Bertz CT molecular complexity index is 990. The number of hydrogen-bond donors (Lipinski definition) is 1. The minimum absolute atomic E-state index is 0.295. The fourth-order valence-corrected chi connectivity index (χ4v) is 4.61. The van der Waals surface area contributed by atoms with Crippen LogP contribution in [0.3, 0.4) is 0 Å². The maximum Gasteiger partial charge on any atom is 0.415 e. The van der Waals surface area contributed by atoms with Gasteiger partial charge in [0, 0.05) is 19.6 Å². The van der Waals surface area contributed by atoms with Crippen molar-refractivity contribution >= 4 is 12.1 Å². The van der Waals surface area contributed by atoms with E-state index in [-0.39, 0.29) is 6.09 Å². The van der Waals surface area contributed by atoms with E-state index in [9.17, 15) is 14.7 Å². The van der Waals surface area contributed by atoms with Gasteiger partial charge in [0.25, 0.3) is 0 Å². The van der Waals surface area contributed by atoms with Gasteiger partial charge in [-0.15, -0.1) is 0 Å². The number of rotatable bonds is 16. The largest absolute Gasteiger partial charge is 0.492 e. The van der Waals surface area contributed by atoms with Crippen molar-refractivity contribution in [2.24, 2.45) is 0 Å². The Kier molecular flexibility index (Phi) is 11.8. The van der Waals surface area contributed by atoms with E-state index in [1.165, 1.54) is 30.4 Å². The summed E-state index contributed by atoms with van der Waals surface area (Å²) in [7, 11) is 0. The van der Waals surface area contributed by atoms with Crippen molar-refractivity contribution in [3.05, 3.63) is 59.2 Å². The number of fused-ring (bicyclic) bond motifs is 1.